The fraction of sp³-hybridized carbons (Fsp3) is 0.500. The topological polar surface area (TPSA) is 53.1 Å². The monoisotopic (exact) mass is 247 g/mol. The smallest absolute Gasteiger partial charge is 0.109 e. The molecule has 0 amide bonds. The summed E-state index contributed by atoms with van der Waals surface area (Å²) in [6, 6.07) is 5.89. The molecule has 0 aliphatic rings. The molecule has 4 nitrogen and oxygen atoms in total. The van der Waals surface area contributed by atoms with E-state index in [-0.39, 0.29) is 0 Å². The van der Waals surface area contributed by atoms with Crippen LogP contribution in [-0.4, -0.2) is 22.8 Å². The van der Waals surface area contributed by atoms with E-state index in [9.17, 15) is 0 Å². The van der Waals surface area contributed by atoms with Gasteiger partial charge in [0.1, 0.15) is 5.82 Å². The predicted octanol–water partition coefficient (Wildman–Crippen LogP) is 2.61. The lowest BCUT2D eigenvalue weighted by Gasteiger charge is -2.06. The Morgan fingerprint density at radius 2 is 2.17 bits per heavy atom. The van der Waals surface area contributed by atoms with E-state index in [0.29, 0.717) is 0 Å². The predicted molar refractivity (Wildman–Crippen MR) is 74.6 cm³/mol. The van der Waals surface area contributed by atoms with Crippen LogP contribution in [0.2, 0.25) is 0 Å². The molecule has 0 spiro atoms. The zero-order valence-corrected chi connectivity index (χ0v) is 11.1. The number of fused-ring (bicyclic) bond motifs is 1. The molecule has 4 heteroatoms. The Morgan fingerprint density at radius 3 is 2.89 bits per heavy atom. The van der Waals surface area contributed by atoms with E-state index in [2.05, 4.69) is 16.5 Å². The molecule has 1 heterocycles. The number of nitrogens with zero attached hydrogens (tertiary/aromatic N) is 2. The third kappa shape index (κ3) is 2.64. The highest BCUT2D eigenvalue weighted by atomic mass is 16.5. The summed E-state index contributed by atoms with van der Waals surface area (Å²) in [5, 5.41) is 0. The van der Waals surface area contributed by atoms with Crippen LogP contribution in [0.1, 0.15) is 26.1 Å². The first kappa shape index (κ1) is 12.9. The lowest BCUT2D eigenvalue weighted by Crippen LogP contribution is -2.04. The molecule has 0 atom stereocenters. The summed E-state index contributed by atoms with van der Waals surface area (Å²) in [5.41, 5.74) is 8.78. The quantitative estimate of drug-likeness (QED) is 0.630. The van der Waals surface area contributed by atoms with Gasteiger partial charge in [-0.05, 0) is 38.5 Å². The highest BCUT2D eigenvalue weighted by molar-refractivity contribution is 5.79. The van der Waals surface area contributed by atoms with Gasteiger partial charge in [0.25, 0.3) is 0 Å². The Balaban J connectivity index is 2.21. The summed E-state index contributed by atoms with van der Waals surface area (Å²) < 4.78 is 7.60. The molecule has 2 aromatic rings. The van der Waals surface area contributed by atoms with Crippen LogP contribution < -0.4 is 5.73 Å². The van der Waals surface area contributed by atoms with E-state index in [1.165, 1.54) is 0 Å². The molecular weight excluding hydrogens is 226 g/mol. The van der Waals surface area contributed by atoms with Gasteiger partial charge < -0.3 is 15.0 Å². The number of nitrogen functional groups attached to an aromatic ring is 1. The van der Waals surface area contributed by atoms with Gasteiger partial charge in [-0.1, -0.05) is 0 Å². The molecule has 18 heavy (non-hydrogen) atoms. The van der Waals surface area contributed by atoms with E-state index < -0.39 is 0 Å². The van der Waals surface area contributed by atoms with Crippen molar-refractivity contribution in [1.29, 1.82) is 0 Å². The van der Waals surface area contributed by atoms with Crippen molar-refractivity contribution in [3.63, 3.8) is 0 Å². The van der Waals surface area contributed by atoms with Crippen molar-refractivity contribution >= 4 is 16.7 Å². The molecule has 98 valence electrons. The van der Waals surface area contributed by atoms with Crippen molar-refractivity contribution in [2.75, 3.05) is 18.9 Å². The maximum Gasteiger partial charge on any atom is 0.109 e. The van der Waals surface area contributed by atoms with E-state index in [0.717, 1.165) is 55.1 Å². The van der Waals surface area contributed by atoms with Crippen molar-refractivity contribution in [3.8, 4) is 0 Å². The van der Waals surface area contributed by atoms with Gasteiger partial charge in [-0.25, -0.2) is 4.98 Å². The van der Waals surface area contributed by atoms with Gasteiger partial charge in [-0.3, -0.25) is 0 Å². The summed E-state index contributed by atoms with van der Waals surface area (Å²) in [7, 11) is 0. The minimum atomic E-state index is 0.778. The minimum Gasteiger partial charge on any atom is -0.399 e. The van der Waals surface area contributed by atoms with Gasteiger partial charge in [0.15, 0.2) is 0 Å². The van der Waals surface area contributed by atoms with Crippen LogP contribution in [-0.2, 0) is 17.7 Å². The number of nitrogens with two attached hydrogens (primary N) is 1. The third-order valence-corrected chi connectivity index (χ3v) is 3.06. The van der Waals surface area contributed by atoms with Gasteiger partial charge in [-0.15, -0.1) is 0 Å². The maximum absolute atomic E-state index is 5.84. The Kier molecular flexibility index (Phi) is 4.20. The molecule has 2 N–H and O–H groups in total. The number of hydrogen-bond acceptors (Lipinski definition) is 3. The largest absolute Gasteiger partial charge is 0.399 e. The van der Waals surface area contributed by atoms with Crippen molar-refractivity contribution < 1.29 is 4.74 Å². The fourth-order valence-corrected chi connectivity index (χ4v) is 2.21. The Bertz CT molecular complexity index is 519. The fourth-order valence-electron chi connectivity index (χ4n) is 2.21. The van der Waals surface area contributed by atoms with Crippen molar-refractivity contribution in [2.24, 2.45) is 0 Å². The number of hydrogen-bond donors (Lipinski definition) is 1. The molecule has 0 radical (unpaired) electrons. The molecule has 0 aliphatic carbocycles. The second kappa shape index (κ2) is 5.87. The van der Waals surface area contributed by atoms with Crippen LogP contribution >= 0.6 is 0 Å². The number of aryl methyl sites for hydroxylation is 2. The molecule has 0 bridgehead atoms. The van der Waals surface area contributed by atoms with Crippen LogP contribution in [0.5, 0.6) is 0 Å². The minimum absolute atomic E-state index is 0.778. The third-order valence-electron chi connectivity index (χ3n) is 3.06. The number of anilines is 1. The SMILES string of the molecule is CCOCCCc1nc2ccc(N)cc2n1CC. The van der Waals surface area contributed by atoms with Crippen molar-refractivity contribution in [1.82, 2.24) is 9.55 Å². The first-order valence-corrected chi connectivity index (χ1v) is 6.58. The average Bonchev–Trinajstić information content (AvgIpc) is 2.71. The molecule has 0 unspecified atom stereocenters. The number of benzene rings is 1. The molecule has 1 aromatic heterocycles. The van der Waals surface area contributed by atoms with Crippen molar-refractivity contribution in [2.45, 2.75) is 33.2 Å². The highest BCUT2D eigenvalue weighted by Gasteiger charge is 2.09. The second-order valence-electron chi connectivity index (χ2n) is 4.32. The molecule has 2 rings (SSSR count). The molecule has 0 saturated carbocycles. The number of aromatic nitrogens is 2. The second-order valence-corrected chi connectivity index (χ2v) is 4.32. The lowest BCUT2D eigenvalue weighted by atomic mass is 10.3. The highest BCUT2D eigenvalue weighted by Crippen LogP contribution is 2.20. The molecular formula is C14H21N3O. The zero-order valence-electron chi connectivity index (χ0n) is 11.1. The normalized spacial score (nSPS) is 11.2. The maximum atomic E-state index is 5.84. The van der Waals surface area contributed by atoms with E-state index >= 15 is 0 Å². The zero-order chi connectivity index (χ0) is 13.0. The van der Waals surface area contributed by atoms with Crippen LogP contribution in [0.4, 0.5) is 5.69 Å². The van der Waals surface area contributed by atoms with Gasteiger partial charge in [0.2, 0.25) is 0 Å². The van der Waals surface area contributed by atoms with E-state index in [1.54, 1.807) is 0 Å². The summed E-state index contributed by atoms with van der Waals surface area (Å²) in [6.45, 7) is 6.65. The molecule has 1 aromatic carbocycles. The Morgan fingerprint density at radius 1 is 1.33 bits per heavy atom. The summed E-state index contributed by atoms with van der Waals surface area (Å²) >= 11 is 0. The molecule has 0 aliphatic heterocycles. The first-order valence-electron chi connectivity index (χ1n) is 6.58. The van der Waals surface area contributed by atoms with Gasteiger partial charge in [0.05, 0.1) is 11.0 Å². The number of ether oxygens (including phenoxy) is 1. The first-order chi connectivity index (χ1) is 8.76. The van der Waals surface area contributed by atoms with E-state index in [1.807, 2.05) is 25.1 Å². The Labute approximate surface area is 108 Å². The van der Waals surface area contributed by atoms with E-state index in [4.69, 9.17) is 10.5 Å². The number of rotatable bonds is 6. The van der Waals surface area contributed by atoms with Crippen LogP contribution in [0.3, 0.4) is 0 Å². The van der Waals surface area contributed by atoms with Crippen LogP contribution in [0.15, 0.2) is 18.2 Å². The standard InChI is InChI=1S/C14H21N3O/c1-3-17-13-10-11(15)7-8-12(13)16-14(17)6-5-9-18-4-2/h7-8,10H,3-6,9,15H2,1-2H3. The van der Waals surface area contributed by atoms with Gasteiger partial charge in [-0.2, -0.15) is 0 Å². The molecule has 0 saturated heterocycles. The lowest BCUT2D eigenvalue weighted by molar-refractivity contribution is 0.144. The van der Waals surface area contributed by atoms with Gasteiger partial charge in [0, 0.05) is 31.9 Å². The molecule has 0 fully saturated rings. The Hall–Kier alpha value is -1.55. The average molecular weight is 247 g/mol. The van der Waals surface area contributed by atoms with Gasteiger partial charge >= 0.3 is 0 Å². The van der Waals surface area contributed by atoms with Crippen LogP contribution in [0.25, 0.3) is 11.0 Å². The van der Waals surface area contributed by atoms with Crippen molar-refractivity contribution in [3.05, 3.63) is 24.0 Å². The number of imidazole rings is 1. The summed E-state index contributed by atoms with van der Waals surface area (Å²) in [4.78, 5) is 4.67. The summed E-state index contributed by atoms with van der Waals surface area (Å²) in [6.07, 6.45) is 1.95. The summed E-state index contributed by atoms with van der Waals surface area (Å²) in [5.74, 6) is 1.12. The van der Waals surface area contributed by atoms with Crippen LogP contribution in [0, 0.1) is 0 Å².